The molecule has 126 valence electrons. The summed E-state index contributed by atoms with van der Waals surface area (Å²) in [6, 6.07) is 5.76. The molecule has 7 nitrogen and oxygen atoms in total. The zero-order valence-corrected chi connectivity index (χ0v) is 13.7. The van der Waals surface area contributed by atoms with Crippen molar-refractivity contribution in [3.05, 3.63) is 40.7 Å². The Labute approximate surface area is 140 Å². The van der Waals surface area contributed by atoms with Crippen LogP contribution in [0.25, 0.3) is 0 Å². The number of fused-ring (bicyclic) bond motifs is 1. The van der Waals surface area contributed by atoms with Gasteiger partial charge in [-0.25, -0.2) is 0 Å². The minimum absolute atomic E-state index is 0.0939. The first kappa shape index (κ1) is 15.3. The summed E-state index contributed by atoms with van der Waals surface area (Å²) < 4.78 is 5.43. The van der Waals surface area contributed by atoms with Crippen molar-refractivity contribution in [2.24, 2.45) is 5.92 Å². The van der Waals surface area contributed by atoms with Crippen LogP contribution in [0.3, 0.4) is 0 Å². The van der Waals surface area contributed by atoms with Crippen molar-refractivity contribution in [3.8, 4) is 0 Å². The first-order valence-electron chi connectivity index (χ1n) is 8.42. The van der Waals surface area contributed by atoms with Crippen LogP contribution in [0.5, 0.6) is 0 Å². The minimum atomic E-state index is -0.544. The van der Waals surface area contributed by atoms with Gasteiger partial charge in [0.25, 0.3) is 5.91 Å². The van der Waals surface area contributed by atoms with Gasteiger partial charge in [0.05, 0.1) is 13.2 Å². The molecule has 2 aromatic rings. The van der Waals surface area contributed by atoms with E-state index in [1.807, 2.05) is 18.2 Å². The molecular weight excluding hydrogens is 306 g/mol. The van der Waals surface area contributed by atoms with Gasteiger partial charge in [-0.05, 0) is 42.0 Å². The van der Waals surface area contributed by atoms with Crippen LogP contribution in [-0.4, -0.2) is 26.5 Å². The first-order chi connectivity index (χ1) is 11.7. The number of hydrogen-bond donors (Lipinski definition) is 2. The van der Waals surface area contributed by atoms with Crippen LogP contribution in [0.15, 0.2) is 18.2 Å². The normalized spacial score (nSPS) is 26.1. The summed E-state index contributed by atoms with van der Waals surface area (Å²) in [5.74, 6) is 0.987. The Balaban J connectivity index is 1.62. The van der Waals surface area contributed by atoms with Gasteiger partial charge in [0.2, 0.25) is 0 Å². The Hall–Kier alpha value is -2.28. The topological polar surface area (TPSA) is 92.8 Å². The molecule has 24 heavy (non-hydrogen) atoms. The molecule has 1 amide bonds. The van der Waals surface area contributed by atoms with Crippen molar-refractivity contribution < 1.29 is 9.53 Å². The van der Waals surface area contributed by atoms with Crippen LogP contribution >= 0.6 is 0 Å². The second-order valence-electron chi connectivity index (χ2n) is 6.95. The number of aromatic nitrogens is 4. The standard InChI is InChI=1S/C17H21N5O2/c1-11-3-2-6-17(8-11,16-19-21-22-20-16)18-15(23)12-4-5-13-9-24-10-14(13)7-12/h4-5,7,11H,2-3,6,8-10H2,1H3,(H,18,23)(H,19,20,21,22). The predicted molar refractivity (Wildman–Crippen MR) is 85.9 cm³/mol. The molecule has 2 atom stereocenters. The number of nitrogens with one attached hydrogen (secondary N) is 2. The van der Waals surface area contributed by atoms with E-state index in [-0.39, 0.29) is 5.91 Å². The third-order valence-corrected chi connectivity index (χ3v) is 5.11. The van der Waals surface area contributed by atoms with Crippen molar-refractivity contribution in [3.63, 3.8) is 0 Å². The lowest BCUT2D eigenvalue weighted by molar-refractivity contribution is 0.0831. The summed E-state index contributed by atoms with van der Waals surface area (Å²) >= 11 is 0. The Morgan fingerprint density at radius 2 is 2.25 bits per heavy atom. The fourth-order valence-electron chi connectivity index (χ4n) is 3.89. The molecule has 0 radical (unpaired) electrons. The number of amides is 1. The van der Waals surface area contributed by atoms with Crippen molar-refractivity contribution in [2.75, 3.05) is 0 Å². The molecule has 0 spiro atoms. The van der Waals surface area contributed by atoms with Gasteiger partial charge in [0.1, 0.15) is 5.54 Å². The van der Waals surface area contributed by atoms with E-state index in [4.69, 9.17) is 4.74 Å². The van der Waals surface area contributed by atoms with Crippen LogP contribution in [-0.2, 0) is 23.5 Å². The van der Waals surface area contributed by atoms with E-state index in [2.05, 4.69) is 32.9 Å². The summed E-state index contributed by atoms with van der Waals surface area (Å²) in [6.45, 7) is 3.40. The molecule has 1 fully saturated rings. The molecule has 4 rings (SSSR count). The van der Waals surface area contributed by atoms with Crippen molar-refractivity contribution in [2.45, 2.75) is 51.4 Å². The van der Waals surface area contributed by atoms with E-state index in [1.165, 1.54) is 0 Å². The second-order valence-corrected chi connectivity index (χ2v) is 6.95. The third kappa shape index (κ3) is 2.69. The number of carbonyl (C=O) groups excluding carboxylic acids is 1. The molecule has 2 N–H and O–H groups in total. The fraction of sp³-hybridized carbons (Fsp3) is 0.529. The molecule has 0 saturated heterocycles. The smallest absolute Gasteiger partial charge is 0.252 e. The van der Waals surface area contributed by atoms with Gasteiger partial charge in [0, 0.05) is 5.56 Å². The number of benzene rings is 1. The van der Waals surface area contributed by atoms with Crippen LogP contribution in [0, 0.1) is 5.92 Å². The van der Waals surface area contributed by atoms with Gasteiger partial charge in [-0.1, -0.05) is 31.0 Å². The SMILES string of the molecule is CC1CCCC(NC(=O)c2ccc3c(c2)COC3)(c2nn[nH]n2)C1. The molecule has 1 aliphatic heterocycles. The highest BCUT2D eigenvalue weighted by atomic mass is 16.5. The number of hydrogen-bond acceptors (Lipinski definition) is 5. The van der Waals surface area contributed by atoms with Crippen molar-refractivity contribution >= 4 is 5.91 Å². The maximum absolute atomic E-state index is 12.9. The number of ether oxygens (including phenoxy) is 1. The molecule has 1 aliphatic carbocycles. The van der Waals surface area contributed by atoms with E-state index in [9.17, 15) is 4.79 Å². The van der Waals surface area contributed by atoms with Crippen molar-refractivity contribution in [1.82, 2.24) is 25.9 Å². The number of H-pyrrole nitrogens is 1. The summed E-state index contributed by atoms with van der Waals surface area (Å²) in [5.41, 5.74) is 2.36. The average molecular weight is 327 g/mol. The van der Waals surface area contributed by atoms with Crippen LogP contribution < -0.4 is 5.32 Å². The Kier molecular flexibility index (Phi) is 3.80. The molecule has 1 aromatic carbocycles. The predicted octanol–water partition coefficient (Wildman–Crippen LogP) is 2.07. The van der Waals surface area contributed by atoms with Crippen molar-refractivity contribution in [1.29, 1.82) is 0 Å². The maximum atomic E-state index is 12.9. The highest BCUT2D eigenvalue weighted by Gasteiger charge is 2.41. The molecule has 0 bridgehead atoms. The molecule has 2 heterocycles. The van der Waals surface area contributed by atoms with E-state index in [1.54, 1.807) is 0 Å². The van der Waals surface area contributed by atoms with Crippen LogP contribution in [0.2, 0.25) is 0 Å². The highest BCUT2D eigenvalue weighted by molar-refractivity contribution is 5.95. The zero-order chi connectivity index (χ0) is 16.6. The van der Waals surface area contributed by atoms with Gasteiger partial charge in [-0.15, -0.1) is 10.2 Å². The molecule has 1 saturated carbocycles. The maximum Gasteiger partial charge on any atom is 0.252 e. The van der Waals surface area contributed by atoms with Crippen LogP contribution in [0.1, 0.15) is 59.9 Å². The summed E-state index contributed by atoms with van der Waals surface area (Å²) in [5, 5.41) is 17.8. The highest BCUT2D eigenvalue weighted by Crippen LogP contribution is 2.38. The minimum Gasteiger partial charge on any atom is -0.372 e. The third-order valence-electron chi connectivity index (χ3n) is 5.11. The average Bonchev–Trinajstić information content (AvgIpc) is 3.26. The van der Waals surface area contributed by atoms with E-state index in [0.717, 1.165) is 36.8 Å². The number of aromatic amines is 1. The molecule has 2 aliphatic rings. The number of rotatable bonds is 3. The lowest BCUT2D eigenvalue weighted by atomic mass is 9.75. The monoisotopic (exact) mass is 327 g/mol. The Bertz CT molecular complexity index is 745. The van der Waals surface area contributed by atoms with Gasteiger partial charge in [-0.3, -0.25) is 4.79 Å². The lowest BCUT2D eigenvalue weighted by Crippen LogP contribution is -2.49. The van der Waals surface area contributed by atoms with Gasteiger partial charge >= 0.3 is 0 Å². The van der Waals surface area contributed by atoms with Crippen LogP contribution in [0.4, 0.5) is 0 Å². The zero-order valence-electron chi connectivity index (χ0n) is 13.7. The molecule has 2 unspecified atom stereocenters. The number of nitrogens with zero attached hydrogens (tertiary/aromatic N) is 3. The Morgan fingerprint density at radius 1 is 1.38 bits per heavy atom. The second kappa shape index (κ2) is 5.98. The summed E-state index contributed by atoms with van der Waals surface area (Å²) in [6.07, 6.45) is 3.85. The first-order valence-corrected chi connectivity index (χ1v) is 8.42. The van der Waals surface area contributed by atoms with E-state index < -0.39 is 5.54 Å². The van der Waals surface area contributed by atoms with E-state index in [0.29, 0.717) is 30.5 Å². The number of carbonyl (C=O) groups is 1. The summed E-state index contributed by atoms with van der Waals surface area (Å²) in [4.78, 5) is 12.9. The molecule has 1 aromatic heterocycles. The number of tetrazole rings is 1. The van der Waals surface area contributed by atoms with E-state index >= 15 is 0 Å². The molecular formula is C17H21N5O2. The van der Waals surface area contributed by atoms with Gasteiger partial charge in [0.15, 0.2) is 5.82 Å². The largest absolute Gasteiger partial charge is 0.372 e. The fourth-order valence-corrected chi connectivity index (χ4v) is 3.89. The Morgan fingerprint density at radius 3 is 3.04 bits per heavy atom. The lowest BCUT2D eigenvalue weighted by Gasteiger charge is -2.38. The quantitative estimate of drug-likeness (QED) is 0.900. The summed E-state index contributed by atoms with van der Waals surface area (Å²) in [7, 11) is 0. The van der Waals surface area contributed by atoms with Gasteiger partial charge < -0.3 is 10.1 Å². The van der Waals surface area contributed by atoms with Gasteiger partial charge in [-0.2, -0.15) is 5.21 Å². The molecule has 7 heteroatoms.